The summed E-state index contributed by atoms with van der Waals surface area (Å²) in [6.45, 7) is 4.03. The largest absolute Gasteiger partial charge is 0.294 e. The maximum atomic E-state index is 13.3. The van der Waals surface area contributed by atoms with Gasteiger partial charge in [0, 0.05) is 12.0 Å². The van der Waals surface area contributed by atoms with E-state index >= 15 is 0 Å². The molecule has 0 saturated carbocycles. The molecule has 0 heterocycles. The number of carbonyl (C=O) groups is 1. The Morgan fingerprint density at radius 3 is 2.41 bits per heavy atom. The molecule has 1 aromatic rings. The number of halogens is 3. The lowest BCUT2D eigenvalue weighted by Gasteiger charge is -2.12. The monoisotopic (exact) mass is 304 g/mol. The fourth-order valence-electron chi connectivity index (χ4n) is 1.69. The van der Waals surface area contributed by atoms with Gasteiger partial charge in [0.05, 0.1) is 4.47 Å². The third kappa shape index (κ3) is 3.35. The van der Waals surface area contributed by atoms with Crippen molar-refractivity contribution in [2.45, 2.75) is 33.1 Å². The van der Waals surface area contributed by atoms with Gasteiger partial charge in [0.2, 0.25) is 0 Å². The summed E-state index contributed by atoms with van der Waals surface area (Å²) in [5.74, 6) is -1.80. The number of benzene rings is 1. The lowest BCUT2D eigenvalue weighted by Crippen LogP contribution is -2.09. The Balaban J connectivity index is 2.93. The van der Waals surface area contributed by atoms with Crippen molar-refractivity contribution in [2.75, 3.05) is 0 Å². The lowest BCUT2D eigenvalue weighted by atomic mass is 9.94. The molecule has 1 nitrogen and oxygen atoms in total. The molecule has 0 radical (unpaired) electrons. The smallest absolute Gasteiger partial charge is 0.173 e. The van der Waals surface area contributed by atoms with Crippen molar-refractivity contribution in [2.24, 2.45) is 5.92 Å². The van der Waals surface area contributed by atoms with Crippen LogP contribution >= 0.6 is 15.9 Å². The first-order valence-corrected chi connectivity index (χ1v) is 6.47. The summed E-state index contributed by atoms with van der Waals surface area (Å²) in [7, 11) is 0. The summed E-state index contributed by atoms with van der Waals surface area (Å²) >= 11 is 2.93. The van der Waals surface area contributed by atoms with Crippen LogP contribution in [0.4, 0.5) is 8.78 Å². The molecule has 0 spiro atoms. The van der Waals surface area contributed by atoms with E-state index < -0.39 is 11.6 Å². The zero-order chi connectivity index (χ0) is 13.0. The fourth-order valence-corrected chi connectivity index (χ4v) is 2.23. The minimum absolute atomic E-state index is 0.0755. The predicted molar refractivity (Wildman–Crippen MR) is 67.1 cm³/mol. The summed E-state index contributed by atoms with van der Waals surface area (Å²) in [5.41, 5.74) is 0.218. The molecule has 0 saturated heterocycles. The van der Waals surface area contributed by atoms with Crippen molar-refractivity contribution in [1.82, 2.24) is 0 Å². The van der Waals surface area contributed by atoms with Crippen LogP contribution in [-0.4, -0.2) is 5.78 Å². The third-order valence-electron chi connectivity index (χ3n) is 2.96. The third-order valence-corrected chi connectivity index (χ3v) is 3.74. The topological polar surface area (TPSA) is 17.1 Å². The van der Waals surface area contributed by atoms with Crippen LogP contribution in [0.15, 0.2) is 16.6 Å². The van der Waals surface area contributed by atoms with Crippen LogP contribution in [0.25, 0.3) is 0 Å². The van der Waals surface area contributed by atoms with Crippen LogP contribution in [0, 0.1) is 17.6 Å². The van der Waals surface area contributed by atoms with Gasteiger partial charge in [0.15, 0.2) is 17.4 Å². The lowest BCUT2D eigenvalue weighted by molar-refractivity contribution is 0.0957. The molecule has 0 N–H and O–H groups in total. The Bertz CT molecular complexity index is 414. The van der Waals surface area contributed by atoms with Gasteiger partial charge in [0.1, 0.15) is 0 Å². The number of hydrogen-bond acceptors (Lipinski definition) is 1. The molecule has 0 aliphatic carbocycles. The zero-order valence-corrected chi connectivity index (χ0v) is 11.5. The van der Waals surface area contributed by atoms with Gasteiger partial charge in [-0.25, -0.2) is 8.78 Å². The molecule has 0 aliphatic heterocycles. The summed E-state index contributed by atoms with van der Waals surface area (Å²) in [4.78, 5) is 11.9. The van der Waals surface area contributed by atoms with Crippen LogP contribution in [0.3, 0.4) is 0 Å². The first kappa shape index (κ1) is 14.3. The number of hydrogen-bond donors (Lipinski definition) is 0. The Labute approximate surface area is 108 Å². The van der Waals surface area contributed by atoms with Crippen molar-refractivity contribution in [3.8, 4) is 0 Å². The van der Waals surface area contributed by atoms with Gasteiger partial charge in [-0.05, 0) is 34.0 Å². The average molecular weight is 305 g/mol. The van der Waals surface area contributed by atoms with E-state index in [1.807, 2.05) is 13.8 Å². The standard InChI is InChI=1S/C13H15BrF2O/c1-3-8(4-2)7-11(17)9-5-6-10(15)13(16)12(9)14/h5-6,8H,3-4,7H2,1-2H3. The van der Waals surface area contributed by atoms with Crippen molar-refractivity contribution in [3.05, 3.63) is 33.8 Å². The number of Topliss-reactive ketones (excluding diaryl/α,β-unsaturated/α-hetero) is 1. The molecule has 0 aliphatic rings. The van der Waals surface area contributed by atoms with Gasteiger partial charge in [0.25, 0.3) is 0 Å². The van der Waals surface area contributed by atoms with Crippen LogP contribution in [0.2, 0.25) is 0 Å². The second kappa shape index (κ2) is 6.24. The van der Waals surface area contributed by atoms with E-state index in [-0.39, 0.29) is 15.8 Å². The number of carbonyl (C=O) groups excluding carboxylic acids is 1. The zero-order valence-electron chi connectivity index (χ0n) is 9.90. The first-order valence-electron chi connectivity index (χ1n) is 5.67. The van der Waals surface area contributed by atoms with E-state index in [2.05, 4.69) is 15.9 Å². The van der Waals surface area contributed by atoms with Crippen molar-refractivity contribution in [3.63, 3.8) is 0 Å². The Hall–Kier alpha value is -0.770. The highest BCUT2D eigenvalue weighted by molar-refractivity contribution is 9.10. The highest BCUT2D eigenvalue weighted by Gasteiger charge is 2.18. The second-order valence-electron chi connectivity index (χ2n) is 4.03. The second-order valence-corrected chi connectivity index (χ2v) is 4.83. The van der Waals surface area contributed by atoms with Crippen molar-refractivity contribution >= 4 is 21.7 Å². The molecule has 4 heteroatoms. The van der Waals surface area contributed by atoms with Crippen LogP contribution in [0.5, 0.6) is 0 Å². The van der Waals surface area contributed by atoms with Crippen LogP contribution in [-0.2, 0) is 0 Å². The molecule has 0 amide bonds. The minimum atomic E-state index is -1.000. The predicted octanol–water partition coefficient (Wildman–Crippen LogP) is 4.74. The quantitative estimate of drug-likeness (QED) is 0.567. The Morgan fingerprint density at radius 2 is 1.88 bits per heavy atom. The average Bonchev–Trinajstić information content (AvgIpc) is 2.32. The summed E-state index contributed by atoms with van der Waals surface area (Å²) < 4.78 is 26.1. The van der Waals surface area contributed by atoms with Crippen LogP contribution in [0.1, 0.15) is 43.5 Å². The molecule has 1 aromatic carbocycles. The van der Waals surface area contributed by atoms with Crippen molar-refractivity contribution in [1.29, 1.82) is 0 Å². The van der Waals surface area contributed by atoms with E-state index in [0.717, 1.165) is 18.9 Å². The molecule has 0 unspecified atom stereocenters. The molecule has 0 bridgehead atoms. The molecule has 0 aromatic heterocycles. The van der Waals surface area contributed by atoms with E-state index in [9.17, 15) is 13.6 Å². The highest BCUT2D eigenvalue weighted by atomic mass is 79.9. The van der Waals surface area contributed by atoms with E-state index in [0.29, 0.717) is 12.3 Å². The maximum Gasteiger partial charge on any atom is 0.173 e. The van der Waals surface area contributed by atoms with E-state index in [4.69, 9.17) is 0 Å². The van der Waals surface area contributed by atoms with Gasteiger partial charge in [-0.1, -0.05) is 26.7 Å². The molecule has 94 valence electrons. The number of ketones is 1. The van der Waals surface area contributed by atoms with Gasteiger partial charge in [-0.3, -0.25) is 4.79 Å². The molecule has 0 atom stereocenters. The van der Waals surface area contributed by atoms with E-state index in [1.54, 1.807) is 0 Å². The van der Waals surface area contributed by atoms with Gasteiger partial charge in [-0.2, -0.15) is 0 Å². The van der Waals surface area contributed by atoms with Gasteiger partial charge < -0.3 is 0 Å². The maximum absolute atomic E-state index is 13.3. The van der Waals surface area contributed by atoms with Crippen molar-refractivity contribution < 1.29 is 13.6 Å². The van der Waals surface area contributed by atoms with E-state index in [1.165, 1.54) is 6.07 Å². The summed E-state index contributed by atoms with van der Waals surface area (Å²) in [6.07, 6.45) is 2.18. The molecule has 0 fully saturated rings. The van der Waals surface area contributed by atoms with Gasteiger partial charge in [-0.15, -0.1) is 0 Å². The molecular weight excluding hydrogens is 290 g/mol. The Kier molecular flexibility index (Phi) is 5.25. The van der Waals surface area contributed by atoms with Crippen LogP contribution < -0.4 is 0 Å². The molecule has 1 rings (SSSR count). The molecule has 17 heavy (non-hydrogen) atoms. The normalized spacial score (nSPS) is 10.9. The SMILES string of the molecule is CCC(CC)CC(=O)c1ccc(F)c(F)c1Br. The summed E-state index contributed by atoms with van der Waals surface area (Å²) in [5, 5.41) is 0. The minimum Gasteiger partial charge on any atom is -0.294 e. The summed E-state index contributed by atoms with van der Waals surface area (Å²) in [6, 6.07) is 2.31. The molecular formula is C13H15BrF2O. The highest BCUT2D eigenvalue weighted by Crippen LogP contribution is 2.26. The fraction of sp³-hybridized carbons (Fsp3) is 0.462. The first-order chi connectivity index (χ1) is 8.01. The number of rotatable bonds is 5. The Morgan fingerprint density at radius 1 is 1.29 bits per heavy atom. The van der Waals surface area contributed by atoms with Gasteiger partial charge >= 0.3 is 0 Å².